The van der Waals surface area contributed by atoms with Gasteiger partial charge in [0.2, 0.25) is 0 Å². The summed E-state index contributed by atoms with van der Waals surface area (Å²) in [5, 5.41) is 3.43. The van der Waals surface area contributed by atoms with Crippen LogP contribution in [-0.4, -0.2) is 57.3 Å². The fraction of sp³-hybridized carbons (Fsp3) is 0.444. The van der Waals surface area contributed by atoms with Gasteiger partial charge >= 0.3 is 5.63 Å². The van der Waals surface area contributed by atoms with Crippen molar-refractivity contribution in [3.05, 3.63) is 40.2 Å². The largest absolute Gasteiger partial charge is 0.497 e. The predicted molar refractivity (Wildman–Crippen MR) is 100 cm³/mol. The van der Waals surface area contributed by atoms with E-state index >= 15 is 0 Å². The van der Waals surface area contributed by atoms with Crippen molar-refractivity contribution in [3.8, 4) is 5.75 Å². The smallest absolute Gasteiger partial charge is 0.349 e. The SMILES string of the molecule is COc1ccc2oc(=O)c(C(=O)NCCCN3CCOCC3)cc2c1.Cl. The van der Waals surface area contributed by atoms with E-state index in [1.165, 1.54) is 0 Å². The number of benzene rings is 1. The van der Waals surface area contributed by atoms with E-state index in [1.54, 1.807) is 31.4 Å². The molecule has 142 valence electrons. The normalized spacial score (nSPS) is 14.7. The van der Waals surface area contributed by atoms with Crippen molar-refractivity contribution < 1.29 is 18.7 Å². The molecule has 1 aromatic heterocycles. The van der Waals surface area contributed by atoms with Crippen LogP contribution in [-0.2, 0) is 4.74 Å². The molecule has 7 nitrogen and oxygen atoms in total. The minimum absolute atomic E-state index is 0. The zero-order valence-corrected chi connectivity index (χ0v) is 15.5. The lowest BCUT2D eigenvalue weighted by Gasteiger charge is -2.26. The van der Waals surface area contributed by atoms with Gasteiger partial charge in [0.25, 0.3) is 5.91 Å². The average Bonchev–Trinajstić information content (AvgIpc) is 2.65. The molecule has 0 saturated carbocycles. The predicted octanol–water partition coefficient (Wildman–Crippen LogP) is 1.68. The van der Waals surface area contributed by atoms with Crippen LogP contribution in [0.1, 0.15) is 16.8 Å². The maximum Gasteiger partial charge on any atom is 0.349 e. The maximum atomic E-state index is 12.3. The van der Waals surface area contributed by atoms with E-state index in [-0.39, 0.29) is 18.0 Å². The van der Waals surface area contributed by atoms with Crippen LogP contribution in [0.25, 0.3) is 11.0 Å². The van der Waals surface area contributed by atoms with Gasteiger partial charge in [-0.3, -0.25) is 9.69 Å². The van der Waals surface area contributed by atoms with Crippen LogP contribution >= 0.6 is 12.4 Å². The van der Waals surface area contributed by atoms with E-state index in [0.717, 1.165) is 39.3 Å². The van der Waals surface area contributed by atoms with Crippen molar-refractivity contribution in [2.75, 3.05) is 46.5 Å². The quantitative estimate of drug-likeness (QED) is 0.604. The van der Waals surface area contributed by atoms with Crippen LogP contribution in [0.3, 0.4) is 0 Å². The van der Waals surface area contributed by atoms with Gasteiger partial charge in [-0.05, 0) is 37.2 Å². The molecule has 8 heteroatoms. The number of nitrogens with one attached hydrogen (secondary N) is 1. The molecular formula is C18H23ClN2O5. The number of carbonyl (C=O) groups excluding carboxylic acids is 1. The highest BCUT2D eigenvalue weighted by Gasteiger charge is 2.14. The molecule has 1 aliphatic heterocycles. The summed E-state index contributed by atoms with van der Waals surface area (Å²) in [6.45, 7) is 4.76. The number of nitrogens with zero attached hydrogens (tertiary/aromatic N) is 1. The topological polar surface area (TPSA) is 81.0 Å². The third kappa shape index (κ3) is 4.97. The summed E-state index contributed by atoms with van der Waals surface area (Å²) in [4.78, 5) is 26.6. The molecule has 1 fully saturated rings. The van der Waals surface area contributed by atoms with Crippen LogP contribution in [0.2, 0.25) is 0 Å². The molecule has 1 N–H and O–H groups in total. The van der Waals surface area contributed by atoms with Crippen molar-refractivity contribution >= 4 is 29.3 Å². The van der Waals surface area contributed by atoms with Crippen LogP contribution in [0.4, 0.5) is 0 Å². The molecule has 2 heterocycles. The van der Waals surface area contributed by atoms with Crippen molar-refractivity contribution in [1.82, 2.24) is 10.2 Å². The van der Waals surface area contributed by atoms with Gasteiger partial charge in [0.05, 0.1) is 20.3 Å². The second-order valence-corrected chi connectivity index (χ2v) is 5.91. The van der Waals surface area contributed by atoms with E-state index in [2.05, 4.69) is 10.2 Å². The third-order valence-electron chi connectivity index (χ3n) is 4.22. The van der Waals surface area contributed by atoms with Crippen LogP contribution < -0.4 is 15.7 Å². The van der Waals surface area contributed by atoms with Crippen LogP contribution in [0.5, 0.6) is 5.75 Å². The van der Waals surface area contributed by atoms with Gasteiger partial charge in [0.15, 0.2) is 0 Å². The molecule has 1 amide bonds. The number of hydrogen-bond donors (Lipinski definition) is 1. The van der Waals surface area contributed by atoms with Crippen molar-refractivity contribution in [3.63, 3.8) is 0 Å². The number of fused-ring (bicyclic) bond motifs is 1. The third-order valence-corrected chi connectivity index (χ3v) is 4.22. The lowest BCUT2D eigenvalue weighted by atomic mass is 10.1. The zero-order chi connectivity index (χ0) is 17.6. The molecular weight excluding hydrogens is 360 g/mol. The number of amides is 1. The second kappa shape index (κ2) is 9.56. The molecule has 2 aromatic rings. The molecule has 0 unspecified atom stereocenters. The first-order valence-electron chi connectivity index (χ1n) is 8.37. The van der Waals surface area contributed by atoms with Crippen LogP contribution in [0, 0.1) is 0 Å². The summed E-state index contributed by atoms with van der Waals surface area (Å²) in [5.74, 6) is 0.221. The Hall–Kier alpha value is -2.09. The van der Waals surface area contributed by atoms with Gasteiger partial charge < -0.3 is 19.2 Å². The van der Waals surface area contributed by atoms with E-state index in [0.29, 0.717) is 23.3 Å². The Balaban J connectivity index is 0.00000243. The molecule has 1 aliphatic rings. The minimum Gasteiger partial charge on any atom is -0.497 e. The van der Waals surface area contributed by atoms with Crippen molar-refractivity contribution in [1.29, 1.82) is 0 Å². The summed E-state index contributed by atoms with van der Waals surface area (Å²) < 4.78 is 15.7. The molecule has 0 atom stereocenters. The summed E-state index contributed by atoms with van der Waals surface area (Å²) in [7, 11) is 1.56. The molecule has 1 saturated heterocycles. The van der Waals surface area contributed by atoms with E-state index in [1.807, 2.05) is 0 Å². The molecule has 0 aliphatic carbocycles. The van der Waals surface area contributed by atoms with E-state index < -0.39 is 11.5 Å². The van der Waals surface area contributed by atoms with E-state index in [9.17, 15) is 9.59 Å². The first-order valence-corrected chi connectivity index (χ1v) is 8.37. The fourth-order valence-electron chi connectivity index (χ4n) is 2.81. The van der Waals surface area contributed by atoms with Crippen LogP contribution in [0.15, 0.2) is 33.5 Å². The number of morpholine rings is 1. The Morgan fingerprint density at radius 2 is 2.04 bits per heavy atom. The number of hydrogen-bond acceptors (Lipinski definition) is 6. The number of ether oxygens (including phenoxy) is 2. The highest BCUT2D eigenvalue weighted by Crippen LogP contribution is 2.20. The number of halogens is 1. The Labute approximate surface area is 157 Å². The maximum absolute atomic E-state index is 12.3. The monoisotopic (exact) mass is 382 g/mol. The molecule has 0 spiro atoms. The van der Waals surface area contributed by atoms with Gasteiger partial charge in [0, 0.05) is 25.0 Å². The first-order chi connectivity index (χ1) is 12.2. The second-order valence-electron chi connectivity index (χ2n) is 5.91. The average molecular weight is 383 g/mol. The van der Waals surface area contributed by atoms with Gasteiger partial charge in [0.1, 0.15) is 16.9 Å². The number of methoxy groups -OCH3 is 1. The summed E-state index contributed by atoms with van der Waals surface area (Å²) >= 11 is 0. The summed E-state index contributed by atoms with van der Waals surface area (Å²) in [5.41, 5.74) is -0.204. The van der Waals surface area contributed by atoms with E-state index in [4.69, 9.17) is 13.9 Å². The standard InChI is InChI=1S/C18H22N2O5.ClH/c1-23-14-3-4-16-13(11-14)12-15(18(22)25-16)17(21)19-5-2-6-20-7-9-24-10-8-20;/h3-4,11-12H,2,5-10H2,1H3,(H,19,21);1H. The highest BCUT2D eigenvalue weighted by molar-refractivity contribution is 5.96. The Morgan fingerprint density at radius 3 is 2.77 bits per heavy atom. The fourth-order valence-corrected chi connectivity index (χ4v) is 2.81. The molecule has 3 rings (SSSR count). The zero-order valence-electron chi connectivity index (χ0n) is 14.7. The molecule has 0 radical (unpaired) electrons. The lowest BCUT2D eigenvalue weighted by Crippen LogP contribution is -2.38. The number of carbonyl (C=O) groups is 1. The van der Waals surface area contributed by atoms with Crippen molar-refractivity contribution in [2.45, 2.75) is 6.42 Å². The highest BCUT2D eigenvalue weighted by atomic mass is 35.5. The Bertz CT molecular complexity index is 802. The lowest BCUT2D eigenvalue weighted by molar-refractivity contribution is 0.0374. The Kier molecular flexibility index (Phi) is 7.44. The minimum atomic E-state index is -0.636. The molecule has 26 heavy (non-hydrogen) atoms. The van der Waals surface area contributed by atoms with Gasteiger partial charge in [-0.15, -0.1) is 12.4 Å². The van der Waals surface area contributed by atoms with Gasteiger partial charge in [-0.1, -0.05) is 0 Å². The van der Waals surface area contributed by atoms with Gasteiger partial charge in [-0.2, -0.15) is 0 Å². The summed E-state index contributed by atoms with van der Waals surface area (Å²) in [6.07, 6.45) is 0.818. The summed E-state index contributed by atoms with van der Waals surface area (Å²) in [6, 6.07) is 6.63. The van der Waals surface area contributed by atoms with Crippen molar-refractivity contribution in [2.24, 2.45) is 0 Å². The first kappa shape index (κ1) is 20.2. The Morgan fingerprint density at radius 1 is 1.27 bits per heavy atom. The molecule has 0 bridgehead atoms. The van der Waals surface area contributed by atoms with Gasteiger partial charge in [-0.25, -0.2) is 4.79 Å². The molecule has 1 aromatic carbocycles. The number of rotatable bonds is 6.